The lowest BCUT2D eigenvalue weighted by atomic mass is 9.92. The maximum absolute atomic E-state index is 8.96. The first-order chi connectivity index (χ1) is 6.24. The molecule has 1 heterocycles. The molecule has 0 aliphatic rings. The predicted molar refractivity (Wildman–Crippen MR) is 52.0 cm³/mol. The van der Waals surface area contributed by atoms with Gasteiger partial charge < -0.3 is 0 Å². The fourth-order valence-corrected chi connectivity index (χ4v) is 1.33. The molecule has 1 rings (SSSR count). The van der Waals surface area contributed by atoms with Crippen LogP contribution < -0.4 is 0 Å². The molecular formula is C11H14N2. The van der Waals surface area contributed by atoms with Crippen molar-refractivity contribution in [3.05, 3.63) is 30.1 Å². The van der Waals surface area contributed by atoms with Gasteiger partial charge in [0.1, 0.15) is 0 Å². The van der Waals surface area contributed by atoms with E-state index in [9.17, 15) is 0 Å². The van der Waals surface area contributed by atoms with Crippen LogP contribution in [0.5, 0.6) is 0 Å². The van der Waals surface area contributed by atoms with Crippen LogP contribution in [0.15, 0.2) is 24.5 Å². The number of nitrogens with zero attached hydrogens (tertiary/aromatic N) is 2. The van der Waals surface area contributed by atoms with E-state index in [2.05, 4.69) is 24.9 Å². The summed E-state index contributed by atoms with van der Waals surface area (Å²) in [5.74, 6) is 0.570. The summed E-state index contributed by atoms with van der Waals surface area (Å²) in [6, 6.07) is 6.15. The van der Waals surface area contributed by atoms with Crippen molar-refractivity contribution < 1.29 is 0 Å². The third-order valence-corrected chi connectivity index (χ3v) is 1.97. The molecular weight excluding hydrogens is 160 g/mol. The number of pyridine rings is 1. The summed E-state index contributed by atoms with van der Waals surface area (Å²) in [6.45, 7) is 4.26. The standard InChI is InChI=1S/C11H14N2/c1-9(2)7-11(8-12)10-3-5-13-6-4-10/h3-6,9,11H,7H2,1-2H3. The van der Waals surface area contributed by atoms with Gasteiger partial charge in [0.05, 0.1) is 12.0 Å². The Bertz CT molecular complexity index is 285. The fourth-order valence-electron chi connectivity index (χ4n) is 1.33. The van der Waals surface area contributed by atoms with Crippen molar-refractivity contribution in [2.75, 3.05) is 0 Å². The zero-order chi connectivity index (χ0) is 9.68. The van der Waals surface area contributed by atoms with Crippen LogP contribution in [0.4, 0.5) is 0 Å². The highest BCUT2D eigenvalue weighted by Gasteiger charge is 2.11. The number of nitriles is 1. The normalized spacial score (nSPS) is 12.5. The molecule has 0 fully saturated rings. The molecule has 0 spiro atoms. The van der Waals surface area contributed by atoms with Gasteiger partial charge in [-0.05, 0) is 30.0 Å². The third-order valence-electron chi connectivity index (χ3n) is 1.97. The van der Waals surface area contributed by atoms with Crippen molar-refractivity contribution in [1.29, 1.82) is 5.26 Å². The van der Waals surface area contributed by atoms with Gasteiger partial charge in [-0.25, -0.2) is 0 Å². The highest BCUT2D eigenvalue weighted by atomic mass is 14.6. The van der Waals surface area contributed by atoms with E-state index in [1.807, 2.05) is 12.1 Å². The van der Waals surface area contributed by atoms with Crippen LogP contribution in [-0.2, 0) is 0 Å². The molecule has 0 saturated heterocycles. The Hall–Kier alpha value is -1.36. The molecule has 0 aromatic carbocycles. The third kappa shape index (κ3) is 2.87. The van der Waals surface area contributed by atoms with Gasteiger partial charge in [-0.3, -0.25) is 4.98 Å². The lowest BCUT2D eigenvalue weighted by Gasteiger charge is -2.10. The van der Waals surface area contributed by atoms with E-state index in [0.29, 0.717) is 5.92 Å². The molecule has 1 aromatic heterocycles. The van der Waals surface area contributed by atoms with Gasteiger partial charge >= 0.3 is 0 Å². The van der Waals surface area contributed by atoms with E-state index in [4.69, 9.17) is 5.26 Å². The Morgan fingerprint density at radius 1 is 1.38 bits per heavy atom. The van der Waals surface area contributed by atoms with Gasteiger partial charge in [0.2, 0.25) is 0 Å². The summed E-state index contributed by atoms with van der Waals surface area (Å²) in [5, 5.41) is 8.96. The van der Waals surface area contributed by atoms with Crippen molar-refractivity contribution in [2.45, 2.75) is 26.2 Å². The van der Waals surface area contributed by atoms with E-state index in [1.54, 1.807) is 12.4 Å². The van der Waals surface area contributed by atoms with Crippen molar-refractivity contribution in [1.82, 2.24) is 4.98 Å². The topological polar surface area (TPSA) is 36.7 Å². The van der Waals surface area contributed by atoms with Gasteiger partial charge in [0, 0.05) is 12.4 Å². The van der Waals surface area contributed by atoms with Gasteiger partial charge in [0.15, 0.2) is 0 Å². The quantitative estimate of drug-likeness (QED) is 0.706. The first kappa shape index (κ1) is 9.73. The Kier molecular flexibility index (Phi) is 3.45. The molecule has 0 amide bonds. The molecule has 68 valence electrons. The van der Waals surface area contributed by atoms with Gasteiger partial charge in [-0.1, -0.05) is 13.8 Å². The van der Waals surface area contributed by atoms with Crippen molar-refractivity contribution in [3.63, 3.8) is 0 Å². The van der Waals surface area contributed by atoms with Crippen molar-refractivity contribution in [3.8, 4) is 6.07 Å². The number of hydrogen-bond donors (Lipinski definition) is 0. The van der Waals surface area contributed by atoms with Crippen LogP contribution in [0.3, 0.4) is 0 Å². The second-order valence-corrected chi connectivity index (χ2v) is 3.59. The highest BCUT2D eigenvalue weighted by molar-refractivity contribution is 5.21. The Labute approximate surface area is 79.2 Å². The average molecular weight is 174 g/mol. The molecule has 0 N–H and O–H groups in total. The van der Waals surface area contributed by atoms with E-state index in [0.717, 1.165) is 12.0 Å². The largest absolute Gasteiger partial charge is 0.265 e. The SMILES string of the molecule is CC(C)CC(C#N)c1ccncc1. The molecule has 0 aliphatic carbocycles. The molecule has 13 heavy (non-hydrogen) atoms. The molecule has 2 nitrogen and oxygen atoms in total. The minimum Gasteiger partial charge on any atom is -0.265 e. The molecule has 1 unspecified atom stereocenters. The van der Waals surface area contributed by atoms with Crippen LogP contribution >= 0.6 is 0 Å². The van der Waals surface area contributed by atoms with E-state index in [1.165, 1.54) is 0 Å². The summed E-state index contributed by atoms with van der Waals surface area (Å²) >= 11 is 0. The van der Waals surface area contributed by atoms with E-state index < -0.39 is 0 Å². The van der Waals surface area contributed by atoms with Crippen molar-refractivity contribution in [2.24, 2.45) is 5.92 Å². The lowest BCUT2D eigenvalue weighted by molar-refractivity contribution is 0.555. The highest BCUT2D eigenvalue weighted by Crippen LogP contribution is 2.21. The van der Waals surface area contributed by atoms with E-state index >= 15 is 0 Å². The molecule has 0 saturated carbocycles. The van der Waals surface area contributed by atoms with E-state index in [-0.39, 0.29) is 5.92 Å². The van der Waals surface area contributed by atoms with Crippen LogP contribution in [0.2, 0.25) is 0 Å². The average Bonchev–Trinajstić information content (AvgIpc) is 2.15. The molecule has 0 bridgehead atoms. The first-order valence-electron chi connectivity index (χ1n) is 4.53. The summed E-state index contributed by atoms with van der Waals surface area (Å²) < 4.78 is 0. The van der Waals surface area contributed by atoms with Crippen LogP contribution in [-0.4, -0.2) is 4.98 Å². The van der Waals surface area contributed by atoms with Gasteiger partial charge in [-0.15, -0.1) is 0 Å². The second-order valence-electron chi connectivity index (χ2n) is 3.59. The summed E-state index contributed by atoms with van der Waals surface area (Å²) in [5.41, 5.74) is 1.08. The molecule has 2 heteroatoms. The van der Waals surface area contributed by atoms with Gasteiger partial charge in [-0.2, -0.15) is 5.26 Å². The zero-order valence-electron chi connectivity index (χ0n) is 8.07. The zero-order valence-corrected chi connectivity index (χ0v) is 8.07. The Morgan fingerprint density at radius 2 is 2.00 bits per heavy atom. The minimum atomic E-state index is 0.0167. The number of hydrogen-bond acceptors (Lipinski definition) is 2. The second kappa shape index (κ2) is 4.61. The Balaban J connectivity index is 2.75. The first-order valence-corrected chi connectivity index (χ1v) is 4.53. The monoisotopic (exact) mass is 174 g/mol. The molecule has 0 aliphatic heterocycles. The molecule has 0 radical (unpaired) electrons. The number of aromatic nitrogens is 1. The number of rotatable bonds is 3. The minimum absolute atomic E-state index is 0.0167. The smallest absolute Gasteiger partial charge is 0.0716 e. The van der Waals surface area contributed by atoms with Crippen molar-refractivity contribution >= 4 is 0 Å². The van der Waals surface area contributed by atoms with Crippen LogP contribution in [0.25, 0.3) is 0 Å². The summed E-state index contributed by atoms with van der Waals surface area (Å²) in [7, 11) is 0. The van der Waals surface area contributed by atoms with Gasteiger partial charge in [0.25, 0.3) is 0 Å². The molecule has 1 aromatic rings. The van der Waals surface area contributed by atoms with Crippen LogP contribution in [0.1, 0.15) is 31.7 Å². The summed E-state index contributed by atoms with van der Waals surface area (Å²) in [6.07, 6.45) is 4.39. The predicted octanol–water partition coefficient (Wildman–Crippen LogP) is 2.73. The van der Waals surface area contributed by atoms with Crippen LogP contribution in [0, 0.1) is 17.2 Å². The summed E-state index contributed by atoms with van der Waals surface area (Å²) in [4.78, 5) is 3.93. The lowest BCUT2D eigenvalue weighted by Crippen LogP contribution is -2.00. The Morgan fingerprint density at radius 3 is 2.46 bits per heavy atom. The maximum Gasteiger partial charge on any atom is 0.0716 e. The fraction of sp³-hybridized carbons (Fsp3) is 0.455. The molecule has 1 atom stereocenters. The maximum atomic E-state index is 8.96.